The zero-order valence-corrected chi connectivity index (χ0v) is 19.1. The molecule has 0 bridgehead atoms. The van der Waals surface area contributed by atoms with Crippen molar-refractivity contribution in [2.24, 2.45) is 0 Å². The molecule has 1 saturated heterocycles. The van der Waals surface area contributed by atoms with Crippen LogP contribution in [-0.2, 0) is 38.8 Å². The molecule has 34 heavy (non-hydrogen) atoms. The van der Waals surface area contributed by atoms with Crippen LogP contribution >= 0.6 is 0 Å². The largest absolute Gasteiger partial charge is 0.394 e. The summed E-state index contributed by atoms with van der Waals surface area (Å²) < 4.78 is 24.7. The molecule has 0 saturated carbocycles. The Morgan fingerprint density at radius 2 is 1.15 bits per heavy atom. The lowest BCUT2D eigenvalue weighted by Crippen LogP contribution is -2.43. The number of hydrogen-bond donors (Lipinski definition) is 2. The Bertz CT molecular complexity index is 952. The molecule has 4 rings (SSSR count). The van der Waals surface area contributed by atoms with Gasteiger partial charge in [0.1, 0.15) is 30.5 Å². The lowest BCUT2D eigenvalue weighted by molar-refractivity contribution is -0.110. The predicted octanol–water partition coefficient (Wildman–Crippen LogP) is 3.49. The summed E-state index contributed by atoms with van der Waals surface area (Å²) >= 11 is 0. The third-order valence-corrected chi connectivity index (χ3v) is 5.88. The highest BCUT2D eigenvalue weighted by Crippen LogP contribution is 2.31. The lowest BCUT2D eigenvalue weighted by atomic mass is 10.0. The standard InChI is InChI=1S/C28H32O6/c29-16-24(30)26-28(33-19-23-14-8-3-9-15-23)27(32-18-22-12-6-2-7-13-22)25(34-26)20-31-17-21-10-4-1-5-11-21/h1-15,24-30H,16-20H2/t24-,25-,26-,27-,28-/m1/s1. The minimum atomic E-state index is -1.09. The molecule has 0 radical (unpaired) electrons. The smallest absolute Gasteiger partial charge is 0.115 e. The van der Waals surface area contributed by atoms with Crippen molar-refractivity contribution in [1.82, 2.24) is 0 Å². The second-order valence-corrected chi connectivity index (χ2v) is 8.41. The molecule has 1 heterocycles. The zero-order valence-electron chi connectivity index (χ0n) is 19.1. The van der Waals surface area contributed by atoms with Crippen LogP contribution in [0, 0.1) is 0 Å². The van der Waals surface area contributed by atoms with E-state index in [1.807, 2.05) is 91.0 Å². The number of aliphatic hydroxyl groups excluding tert-OH is 2. The number of rotatable bonds is 12. The van der Waals surface area contributed by atoms with E-state index in [2.05, 4.69) is 0 Å². The van der Waals surface area contributed by atoms with Gasteiger partial charge in [0, 0.05) is 0 Å². The van der Waals surface area contributed by atoms with Crippen molar-refractivity contribution in [3.8, 4) is 0 Å². The van der Waals surface area contributed by atoms with Crippen LogP contribution in [0.3, 0.4) is 0 Å². The van der Waals surface area contributed by atoms with Gasteiger partial charge in [-0.25, -0.2) is 0 Å². The molecule has 180 valence electrons. The van der Waals surface area contributed by atoms with E-state index in [0.29, 0.717) is 19.8 Å². The van der Waals surface area contributed by atoms with Gasteiger partial charge in [-0.3, -0.25) is 0 Å². The van der Waals surface area contributed by atoms with E-state index in [0.717, 1.165) is 16.7 Å². The van der Waals surface area contributed by atoms with E-state index in [9.17, 15) is 10.2 Å². The first-order chi connectivity index (χ1) is 16.7. The van der Waals surface area contributed by atoms with Crippen LogP contribution in [-0.4, -0.2) is 53.9 Å². The quantitative estimate of drug-likeness (QED) is 0.427. The van der Waals surface area contributed by atoms with E-state index in [4.69, 9.17) is 18.9 Å². The fourth-order valence-electron chi connectivity index (χ4n) is 4.10. The highest BCUT2D eigenvalue weighted by Gasteiger charge is 2.49. The number of hydrogen-bond acceptors (Lipinski definition) is 6. The maximum Gasteiger partial charge on any atom is 0.115 e. The van der Waals surface area contributed by atoms with Crippen LogP contribution < -0.4 is 0 Å². The predicted molar refractivity (Wildman–Crippen MR) is 128 cm³/mol. The van der Waals surface area contributed by atoms with Crippen molar-refractivity contribution in [3.05, 3.63) is 108 Å². The Kier molecular flexibility index (Phi) is 9.21. The lowest BCUT2D eigenvalue weighted by Gasteiger charge is -2.26. The summed E-state index contributed by atoms with van der Waals surface area (Å²) in [5, 5.41) is 20.1. The highest BCUT2D eigenvalue weighted by molar-refractivity contribution is 5.15. The van der Waals surface area contributed by atoms with E-state index in [-0.39, 0.29) is 6.61 Å². The molecule has 1 fully saturated rings. The van der Waals surface area contributed by atoms with E-state index < -0.39 is 37.1 Å². The summed E-state index contributed by atoms with van der Waals surface area (Å²) in [6.45, 7) is 0.991. The van der Waals surface area contributed by atoms with E-state index in [1.54, 1.807) is 0 Å². The second kappa shape index (κ2) is 12.8. The van der Waals surface area contributed by atoms with Crippen molar-refractivity contribution >= 4 is 0 Å². The van der Waals surface area contributed by atoms with Crippen LogP contribution in [0.15, 0.2) is 91.0 Å². The Hall–Kier alpha value is -2.58. The average molecular weight is 465 g/mol. The normalized spacial score (nSPS) is 23.1. The van der Waals surface area contributed by atoms with Gasteiger partial charge in [0.25, 0.3) is 0 Å². The van der Waals surface area contributed by atoms with Gasteiger partial charge in [-0.05, 0) is 16.7 Å². The molecule has 0 amide bonds. The molecule has 2 N–H and O–H groups in total. The van der Waals surface area contributed by atoms with E-state index in [1.165, 1.54) is 0 Å². The van der Waals surface area contributed by atoms with E-state index >= 15 is 0 Å². The van der Waals surface area contributed by atoms with Crippen molar-refractivity contribution in [3.63, 3.8) is 0 Å². The van der Waals surface area contributed by atoms with Crippen LogP contribution in [0.5, 0.6) is 0 Å². The molecule has 0 spiro atoms. The van der Waals surface area contributed by atoms with Gasteiger partial charge in [0.05, 0.1) is 33.0 Å². The van der Waals surface area contributed by atoms with Gasteiger partial charge < -0.3 is 29.2 Å². The monoisotopic (exact) mass is 464 g/mol. The number of benzene rings is 3. The van der Waals surface area contributed by atoms with Gasteiger partial charge in [-0.2, -0.15) is 0 Å². The Balaban J connectivity index is 1.48. The summed E-state index contributed by atoms with van der Waals surface area (Å²) in [4.78, 5) is 0. The Labute approximate surface area is 200 Å². The molecule has 1 aliphatic heterocycles. The first kappa shape index (κ1) is 24.5. The summed E-state index contributed by atoms with van der Waals surface area (Å²) in [6.07, 6.45) is -3.34. The van der Waals surface area contributed by atoms with Crippen LogP contribution in [0.25, 0.3) is 0 Å². The molecule has 1 aliphatic rings. The average Bonchev–Trinajstić information content (AvgIpc) is 3.24. The molecular formula is C28H32O6. The number of aliphatic hydroxyl groups is 2. The second-order valence-electron chi connectivity index (χ2n) is 8.41. The minimum Gasteiger partial charge on any atom is -0.394 e. The molecule has 6 nitrogen and oxygen atoms in total. The van der Waals surface area contributed by atoms with Crippen molar-refractivity contribution in [2.75, 3.05) is 13.2 Å². The first-order valence-electron chi connectivity index (χ1n) is 11.6. The van der Waals surface area contributed by atoms with Crippen LogP contribution in [0.2, 0.25) is 0 Å². The molecule has 3 aromatic rings. The molecule has 6 heteroatoms. The molecule has 0 unspecified atom stereocenters. The molecule has 0 aromatic heterocycles. The summed E-state index contributed by atoms with van der Waals surface area (Å²) in [6, 6.07) is 29.6. The van der Waals surface area contributed by atoms with Crippen molar-refractivity contribution in [1.29, 1.82) is 0 Å². The van der Waals surface area contributed by atoms with Crippen LogP contribution in [0.1, 0.15) is 16.7 Å². The fourth-order valence-corrected chi connectivity index (χ4v) is 4.10. The minimum absolute atomic E-state index is 0.272. The molecule has 3 aromatic carbocycles. The van der Waals surface area contributed by atoms with Gasteiger partial charge in [-0.15, -0.1) is 0 Å². The molecule has 5 atom stereocenters. The third-order valence-electron chi connectivity index (χ3n) is 5.88. The Morgan fingerprint density at radius 1 is 0.676 bits per heavy atom. The zero-order chi connectivity index (χ0) is 23.6. The maximum absolute atomic E-state index is 10.5. The van der Waals surface area contributed by atoms with Crippen molar-refractivity contribution < 1.29 is 29.2 Å². The fraction of sp³-hybridized carbons (Fsp3) is 0.357. The topological polar surface area (TPSA) is 77.4 Å². The van der Waals surface area contributed by atoms with Gasteiger partial charge in [0.15, 0.2) is 0 Å². The summed E-state index contributed by atoms with van der Waals surface area (Å²) in [7, 11) is 0. The number of ether oxygens (including phenoxy) is 4. The third kappa shape index (κ3) is 6.73. The van der Waals surface area contributed by atoms with Gasteiger partial charge >= 0.3 is 0 Å². The SMILES string of the molecule is OC[C@@H](O)[C@H]1O[C@H](COCc2ccccc2)[C@@H](OCc2ccccc2)[C@@H]1OCc1ccccc1. The van der Waals surface area contributed by atoms with Crippen LogP contribution in [0.4, 0.5) is 0 Å². The molecule has 0 aliphatic carbocycles. The first-order valence-corrected chi connectivity index (χ1v) is 11.6. The summed E-state index contributed by atoms with van der Waals surface area (Å²) in [5.41, 5.74) is 3.09. The maximum atomic E-state index is 10.5. The van der Waals surface area contributed by atoms with Crippen molar-refractivity contribution in [2.45, 2.75) is 50.3 Å². The molecular weight excluding hydrogens is 432 g/mol. The summed E-state index contributed by atoms with van der Waals surface area (Å²) in [5.74, 6) is 0. The Morgan fingerprint density at radius 3 is 1.65 bits per heavy atom. The van der Waals surface area contributed by atoms with Gasteiger partial charge in [-0.1, -0.05) is 91.0 Å². The highest BCUT2D eigenvalue weighted by atomic mass is 16.6. The van der Waals surface area contributed by atoms with Gasteiger partial charge in [0.2, 0.25) is 0 Å².